The molecule has 0 bridgehead atoms. The average molecular weight is 342 g/mol. The zero-order chi connectivity index (χ0) is 17.6. The third kappa shape index (κ3) is 2.17. The minimum absolute atomic E-state index is 0.221. The third-order valence-corrected chi connectivity index (χ3v) is 4.41. The summed E-state index contributed by atoms with van der Waals surface area (Å²) in [5.41, 5.74) is 0. The van der Waals surface area contributed by atoms with Crippen LogP contribution in [0.2, 0.25) is 0 Å². The molecule has 0 aliphatic carbocycles. The van der Waals surface area contributed by atoms with E-state index in [2.05, 4.69) is 0 Å². The van der Waals surface area contributed by atoms with Gasteiger partial charge in [0.15, 0.2) is 23.0 Å². The third-order valence-electron chi connectivity index (χ3n) is 4.41. The van der Waals surface area contributed by atoms with Gasteiger partial charge in [-0.05, 0) is 29.7 Å². The Morgan fingerprint density at radius 1 is 0.640 bits per heavy atom. The Bertz CT molecular complexity index is 979. The van der Waals surface area contributed by atoms with E-state index in [1.54, 1.807) is 28.4 Å². The van der Waals surface area contributed by atoms with Crippen molar-refractivity contribution in [1.29, 1.82) is 0 Å². The van der Waals surface area contributed by atoms with Gasteiger partial charge in [-0.2, -0.15) is 0 Å². The predicted octanol–water partition coefficient (Wildman–Crippen LogP) is 3.76. The van der Waals surface area contributed by atoms with Crippen LogP contribution in [0.25, 0.3) is 21.5 Å². The highest BCUT2D eigenvalue weighted by molar-refractivity contribution is 6.09. The molecule has 0 saturated heterocycles. The molecule has 3 aromatic carbocycles. The Kier molecular flexibility index (Phi) is 3.60. The van der Waals surface area contributed by atoms with Crippen molar-refractivity contribution >= 4 is 21.5 Å². The number of ether oxygens (including phenoxy) is 6. The van der Waals surface area contributed by atoms with Crippen molar-refractivity contribution in [3.8, 4) is 34.5 Å². The lowest BCUT2D eigenvalue weighted by molar-refractivity contribution is 0.174. The van der Waals surface area contributed by atoms with E-state index < -0.39 is 0 Å². The van der Waals surface area contributed by atoms with Gasteiger partial charge in [-0.25, -0.2) is 0 Å². The number of rotatable bonds is 4. The van der Waals surface area contributed by atoms with E-state index in [0.29, 0.717) is 34.5 Å². The van der Waals surface area contributed by atoms with Crippen LogP contribution < -0.4 is 28.4 Å². The smallest absolute Gasteiger partial charge is 0.231 e. The molecule has 25 heavy (non-hydrogen) atoms. The summed E-state index contributed by atoms with van der Waals surface area (Å²) in [5, 5.41) is 3.61. The van der Waals surface area contributed by atoms with Crippen molar-refractivity contribution in [3.63, 3.8) is 0 Å². The van der Waals surface area contributed by atoms with E-state index in [9.17, 15) is 0 Å². The lowest BCUT2D eigenvalue weighted by atomic mass is 10.00. The molecule has 1 aliphatic rings. The lowest BCUT2D eigenvalue weighted by Crippen LogP contribution is -1.97. The van der Waals surface area contributed by atoms with Crippen molar-refractivity contribution in [2.75, 3.05) is 35.2 Å². The summed E-state index contributed by atoms with van der Waals surface area (Å²) >= 11 is 0. The summed E-state index contributed by atoms with van der Waals surface area (Å²) < 4.78 is 33.3. The molecule has 0 atom stereocenters. The molecule has 1 aliphatic heterocycles. The Hall–Kier alpha value is -3.02. The van der Waals surface area contributed by atoms with E-state index in [-0.39, 0.29) is 6.79 Å². The van der Waals surface area contributed by atoms with Crippen LogP contribution in [-0.2, 0) is 0 Å². The van der Waals surface area contributed by atoms with Crippen LogP contribution in [0, 0.1) is 0 Å². The van der Waals surface area contributed by atoms with E-state index in [1.165, 1.54) is 0 Å². The van der Waals surface area contributed by atoms with Gasteiger partial charge in [0.25, 0.3) is 0 Å². The average Bonchev–Trinajstić information content (AvgIpc) is 3.09. The Labute approximate surface area is 144 Å². The molecule has 0 N–H and O–H groups in total. The summed E-state index contributed by atoms with van der Waals surface area (Å²) in [6.45, 7) is 0.221. The van der Waals surface area contributed by atoms with Crippen molar-refractivity contribution < 1.29 is 28.4 Å². The lowest BCUT2D eigenvalue weighted by Gasteiger charge is -2.18. The highest BCUT2D eigenvalue weighted by atomic mass is 16.7. The van der Waals surface area contributed by atoms with Crippen molar-refractivity contribution in [2.45, 2.75) is 0 Å². The molecular formula is C19H18O6. The molecule has 0 radical (unpaired) electrons. The summed E-state index contributed by atoms with van der Waals surface area (Å²) in [7, 11) is 6.42. The van der Waals surface area contributed by atoms with Gasteiger partial charge in [0, 0.05) is 16.2 Å². The first-order valence-electron chi connectivity index (χ1n) is 7.74. The van der Waals surface area contributed by atoms with E-state index in [4.69, 9.17) is 28.4 Å². The molecule has 4 rings (SSSR count). The van der Waals surface area contributed by atoms with Crippen molar-refractivity contribution in [1.82, 2.24) is 0 Å². The van der Waals surface area contributed by atoms with Gasteiger partial charge in [-0.1, -0.05) is 0 Å². The number of hydrogen-bond donors (Lipinski definition) is 0. The van der Waals surface area contributed by atoms with Crippen LogP contribution in [0.15, 0.2) is 24.3 Å². The number of hydrogen-bond acceptors (Lipinski definition) is 6. The second-order valence-corrected chi connectivity index (χ2v) is 5.58. The first kappa shape index (κ1) is 15.5. The maximum Gasteiger partial charge on any atom is 0.231 e. The molecule has 0 fully saturated rings. The quantitative estimate of drug-likeness (QED) is 0.673. The fourth-order valence-corrected chi connectivity index (χ4v) is 3.30. The standard InChI is InChI=1S/C19H18O6/c1-20-16-8-13-12(18(22-3)19(16)23-4)5-10-6-14-15(25-9-24-14)7-11(10)17(13)21-2/h5-8H,9H2,1-4H3. The zero-order valence-electron chi connectivity index (χ0n) is 14.5. The molecule has 6 heteroatoms. The normalized spacial score (nSPS) is 12.5. The Morgan fingerprint density at radius 3 is 1.92 bits per heavy atom. The maximum absolute atomic E-state index is 5.72. The molecule has 0 saturated carbocycles. The van der Waals surface area contributed by atoms with Crippen LogP contribution in [0.5, 0.6) is 34.5 Å². The number of methoxy groups -OCH3 is 4. The van der Waals surface area contributed by atoms with Gasteiger partial charge in [0.05, 0.1) is 28.4 Å². The molecule has 6 nitrogen and oxygen atoms in total. The van der Waals surface area contributed by atoms with Gasteiger partial charge in [-0.3, -0.25) is 0 Å². The first-order chi connectivity index (χ1) is 12.2. The Balaban J connectivity index is 2.16. The maximum atomic E-state index is 5.72. The topological polar surface area (TPSA) is 55.4 Å². The van der Waals surface area contributed by atoms with Crippen LogP contribution >= 0.6 is 0 Å². The fourth-order valence-electron chi connectivity index (χ4n) is 3.30. The molecule has 0 amide bonds. The van der Waals surface area contributed by atoms with E-state index in [1.807, 2.05) is 24.3 Å². The second-order valence-electron chi connectivity index (χ2n) is 5.58. The summed E-state index contributed by atoms with van der Waals surface area (Å²) in [6.07, 6.45) is 0. The Morgan fingerprint density at radius 2 is 1.28 bits per heavy atom. The SMILES string of the molecule is COc1cc2c(OC)c3cc4c(cc3cc2c(OC)c1OC)OCO4. The summed E-state index contributed by atoms with van der Waals surface area (Å²) in [4.78, 5) is 0. The fraction of sp³-hybridized carbons (Fsp3) is 0.263. The molecule has 0 spiro atoms. The van der Waals surface area contributed by atoms with E-state index in [0.717, 1.165) is 21.5 Å². The van der Waals surface area contributed by atoms with Crippen LogP contribution in [-0.4, -0.2) is 35.2 Å². The minimum atomic E-state index is 0.221. The highest BCUT2D eigenvalue weighted by Gasteiger charge is 2.22. The molecule has 130 valence electrons. The van der Waals surface area contributed by atoms with Gasteiger partial charge >= 0.3 is 0 Å². The van der Waals surface area contributed by atoms with Crippen molar-refractivity contribution in [3.05, 3.63) is 24.3 Å². The second kappa shape index (κ2) is 5.81. The molecule has 1 heterocycles. The minimum Gasteiger partial charge on any atom is -0.495 e. The van der Waals surface area contributed by atoms with Gasteiger partial charge in [-0.15, -0.1) is 0 Å². The largest absolute Gasteiger partial charge is 0.495 e. The molecule has 0 aromatic heterocycles. The van der Waals surface area contributed by atoms with Crippen LogP contribution in [0.3, 0.4) is 0 Å². The summed E-state index contributed by atoms with van der Waals surface area (Å²) in [5.74, 6) is 3.84. The molecule has 3 aromatic rings. The molecule has 0 unspecified atom stereocenters. The van der Waals surface area contributed by atoms with Gasteiger partial charge < -0.3 is 28.4 Å². The summed E-state index contributed by atoms with van der Waals surface area (Å²) in [6, 6.07) is 7.78. The number of fused-ring (bicyclic) bond motifs is 3. The monoisotopic (exact) mass is 342 g/mol. The zero-order valence-corrected chi connectivity index (χ0v) is 14.5. The van der Waals surface area contributed by atoms with Crippen molar-refractivity contribution in [2.24, 2.45) is 0 Å². The van der Waals surface area contributed by atoms with Gasteiger partial charge in [0.1, 0.15) is 5.75 Å². The first-order valence-corrected chi connectivity index (χ1v) is 7.74. The predicted molar refractivity (Wildman–Crippen MR) is 93.8 cm³/mol. The highest BCUT2D eigenvalue weighted by Crippen LogP contribution is 2.49. The van der Waals surface area contributed by atoms with Gasteiger partial charge in [0.2, 0.25) is 12.5 Å². The van der Waals surface area contributed by atoms with Crippen LogP contribution in [0.1, 0.15) is 0 Å². The number of benzene rings is 3. The molecular weight excluding hydrogens is 324 g/mol. The van der Waals surface area contributed by atoms with Crippen LogP contribution in [0.4, 0.5) is 0 Å². The van der Waals surface area contributed by atoms with E-state index >= 15 is 0 Å².